The summed E-state index contributed by atoms with van der Waals surface area (Å²) in [5.41, 5.74) is 0.418. The van der Waals surface area contributed by atoms with E-state index in [-0.39, 0.29) is 11.5 Å². The van der Waals surface area contributed by atoms with Crippen LogP contribution in [0.25, 0.3) is 0 Å². The van der Waals surface area contributed by atoms with Gasteiger partial charge in [0.1, 0.15) is 6.54 Å². The highest BCUT2D eigenvalue weighted by molar-refractivity contribution is 14.1. The van der Waals surface area contributed by atoms with Gasteiger partial charge >= 0.3 is 5.97 Å². The lowest BCUT2D eigenvalue weighted by Gasteiger charge is -2.24. The molecule has 8 heteroatoms. The van der Waals surface area contributed by atoms with Crippen LogP contribution in [0.4, 0.5) is 5.69 Å². The number of hydrogen-bond acceptors (Lipinski definition) is 4. The van der Waals surface area contributed by atoms with Gasteiger partial charge in [-0.2, -0.15) is 0 Å². The normalized spacial score (nSPS) is 11.1. The molecule has 2 aromatic carbocycles. The molecule has 0 aliphatic rings. The molecule has 0 bridgehead atoms. The van der Waals surface area contributed by atoms with Gasteiger partial charge in [0.15, 0.2) is 0 Å². The maximum atomic E-state index is 13.0. The minimum absolute atomic E-state index is 0.0517. The van der Waals surface area contributed by atoms with Gasteiger partial charge < -0.3 is 4.74 Å². The summed E-state index contributed by atoms with van der Waals surface area (Å²) in [6.07, 6.45) is 0. The summed E-state index contributed by atoms with van der Waals surface area (Å²) >= 11 is 7.85. The zero-order valence-corrected chi connectivity index (χ0v) is 16.5. The van der Waals surface area contributed by atoms with Gasteiger partial charge in [-0.25, -0.2) is 8.42 Å². The number of anilines is 1. The van der Waals surface area contributed by atoms with E-state index < -0.39 is 22.5 Å². The second kappa shape index (κ2) is 8.17. The molecule has 0 fully saturated rings. The third-order valence-electron chi connectivity index (χ3n) is 3.10. The second-order valence-corrected chi connectivity index (χ2v) is 8.18. The van der Waals surface area contributed by atoms with Gasteiger partial charge in [-0.3, -0.25) is 9.10 Å². The minimum Gasteiger partial charge on any atom is -0.465 e. The Morgan fingerprint density at radius 3 is 2.38 bits per heavy atom. The first-order valence-corrected chi connectivity index (χ1v) is 9.94. The van der Waals surface area contributed by atoms with Crippen molar-refractivity contribution < 1.29 is 17.9 Å². The number of benzene rings is 2. The molecule has 128 valence electrons. The Kier molecular flexibility index (Phi) is 6.47. The molecule has 2 aromatic rings. The van der Waals surface area contributed by atoms with Gasteiger partial charge in [-0.15, -0.1) is 0 Å². The van der Waals surface area contributed by atoms with E-state index in [2.05, 4.69) is 0 Å². The van der Waals surface area contributed by atoms with E-state index in [9.17, 15) is 13.2 Å². The van der Waals surface area contributed by atoms with Gasteiger partial charge in [0.05, 0.1) is 17.2 Å². The highest BCUT2D eigenvalue weighted by Gasteiger charge is 2.28. The van der Waals surface area contributed by atoms with E-state index in [1.165, 1.54) is 24.3 Å². The van der Waals surface area contributed by atoms with E-state index in [1.807, 2.05) is 22.6 Å². The van der Waals surface area contributed by atoms with Crippen LogP contribution in [0.2, 0.25) is 5.02 Å². The number of halogens is 2. The monoisotopic (exact) mass is 479 g/mol. The Bertz CT molecular complexity index is 824. The Balaban J connectivity index is 2.50. The quantitative estimate of drug-likeness (QED) is 0.468. The van der Waals surface area contributed by atoms with Crippen LogP contribution in [0.15, 0.2) is 53.4 Å². The van der Waals surface area contributed by atoms with E-state index >= 15 is 0 Å². The molecular formula is C16H15ClINO4S. The Hall–Kier alpha value is -1.32. The van der Waals surface area contributed by atoms with Crippen LogP contribution in [0.3, 0.4) is 0 Å². The number of carbonyl (C=O) groups excluding carboxylic acids is 1. The van der Waals surface area contributed by atoms with Crippen molar-refractivity contribution in [2.75, 3.05) is 17.5 Å². The first-order valence-electron chi connectivity index (χ1n) is 7.04. The molecule has 0 aromatic heterocycles. The van der Waals surface area contributed by atoms with Crippen molar-refractivity contribution in [3.05, 3.63) is 57.1 Å². The lowest BCUT2D eigenvalue weighted by atomic mass is 10.3. The Labute approximate surface area is 159 Å². The van der Waals surface area contributed by atoms with Crippen LogP contribution < -0.4 is 4.31 Å². The number of nitrogens with zero attached hydrogens (tertiary/aromatic N) is 1. The van der Waals surface area contributed by atoms with E-state index in [0.717, 1.165) is 4.31 Å². The summed E-state index contributed by atoms with van der Waals surface area (Å²) in [6.45, 7) is 1.45. The number of hydrogen-bond donors (Lipinski definition) is 0. The number of esters is 1. The van der Waals surface area contributed by atoms with Gasteiger partial charge in [0.2, 0.25) is 0 Å². The fourth-order valence-electron chi connectivity index (χ4n) is 2.01. The Morgan fingerprint density at radius 2 is 1.79 bits per heavy atom. The molecular weight excluding hydrogens is 465 g/mol. The summed E-state index contributed by atoms with van der Waals surface area (Å²) in [5.74, 6) is -0.616. The minimum atomic E-state index is -3.94. The largest absolute Gasteiger partial charge is 0.465 e. The second-order valence-electron chi connectivity index (χ2n) is 4.72. The summed E-state index contributed by atoms with van der Waals surface area (Å²) in [4.78, 5) is 12.0. The van der Waals surface area contributed by atoms with Crippen LogP contribution in [0.5, 0.6) is 0 Å². The molecule has 0 atom stereocenters. The van der Waals surface area contributed by atoms with Crippen molar-refractivity contribution in [2.45, 2.75) is 11.8 Å². The molecule has 0 saturated carbocycles. The first kappa shape index (κ1) is 19.0. The van der Waals surface area contributed by atoms with Crippen LogP contribution in [0, 0.1) is 3.57 Å². The van der Waals surface area contributed by atoms with E-state index in [4.69, 9.17) is 16.3 Å². The third-order valence-corrected chi connectivity index (χ3v) is 6.04. The molecule has 0 saturated heterocycles. The fraction of sp³-hybridized carbons (Fsp3) is 0.188. The molecule has 0 radical (unpaired) electrons. The highest BCUT2D eigenvalue weighted by Crippen LogP contribution is 2.28. The van der Waals surface area contributed by atoms with Crippen LogP contribution in [-0.4, -0.2) is 27.5 Å². The molecule has 0 unspecified atom stereocenters. The summed E-state index contributed by atoms with van der Waals surface area (Å²) in [6, 6.07) is 12.7. The first-order chi connectivity index (χ1) is 11.4. The smallest absolute Gasteiger partial charge is 0.326 e. The number of para-hydroxylation sites is 1. The third kappa shape index (κ3) is 4.40. The fourth-order valence-corrected chi connectivity index (χ4v) is 4.41. The lowest BCUT2D eigenvalue weighted by Crippen LogP contribution is -2.37. The molecule has 0 spiro atoms. The maximum absolute atomic E-state index is 13.0. The number of sulfonamides is 1. The maximum Gasteiger partial charge on any atom is 0.326 e. The standard InChI is InChI=1S/C16H15ClINO4S/c1-2-23-16(20)11-19(15-6-4-3-5-14(15)18)24(21,22)13-9-7-12(17)8-10-13/h3-10H,2,11H2,1H3. The van der Waals surface area contributed by atoms with Crippen molar-refractivity contribution in [1.82, 2.24) is 0 Å². The molecule has 2 rings (SSSR count). The van der Waals surface area contributed by atoms with Gasteiger partial charge in [0.25, 0.3) is 10.0 Å². The van der Waals surface area contributed by atoms with E-state index in [1.54, 1.807) is 31.2 Å². The van der Waals surface area contributed by atoms with Gasteiger partial charge in [-0.05, 0) is 65.9 Å². The van der Waals surface area contributed by atoms with Crippen LogP contribution in [0.1, 0.15) is 6.92 Å². The highest BCUT2D eigenvalue weighted by atomic mass is 127. The molecule has 0 N–H and O–H groups in total. The number of rotatable bonds is 6. The van der Waals surface area contributed by atoms with E-state index in [0.29, 0.717) is 14.3 Å². The Morgan fingerprint density at radius 1 is 1.17 bits per heavy atom. The summed E-state index contributed by atoms with van der Waals surface area (Å²) < 4.78 is 32.7. The SMILES string of the molecule is CCOC(=O)CN(c1ccccc1I)S(=O)(=O)c1ccc(Cl)cc1. The van der Waals surface area contributed by atoms with Crippen molar-refractivity contribution in [1.29, 1.82) is 0 Å². The number of ether oxygens (including phenoxy) is 1. The molecule has 0 heterocycles. The predicted molar refractivity (Wildman–Crippen MR) is 102 cm³/mol. The van der Waals surface area contributed by atoms with Gasteiger partial charge in [-0.1, -0.05) is 23.7 Å². The van der Waals surface area contributed by atoms with Crippen LogP contribution in [-0.2, 0) is 19.6 Å². The van der Waals surface area contributed by atoms with Crippen molar-refractivity contribution in [3.63, 3.8) is 0 Å². The molecule has 0 aliphatic carbocycles. The summed E-state index contributed by atoms with van der Waals surface area (Å²) in [7, 11) is -3.94. The lowest BCUT2D eigenvalue weighted by molar-refractivity contribution is -0.141. The predicted octanol–water partition coefficient (Wildman–Crippen LogP) is 3.70. The zero-order valence-electron chi connectivity index (χ0n) is 12.8. The average molecular weight is 480 g/mol. The van der Waals surface area contributed by atoms with Crippen molar-refractivity contribution in [3.8, 4) is 0 Å². The van der Waals surface area contributed by atoms with Crippen molar-refractivity contribution >= 4 is 55.9 Å². The molecule has 0 amide bonds. The van der Waals surface area contributed by atoms with Gasteiger partial charge in [0, 0.05) is 8.59 Å². The molecule has 24 heavy (non-hydrogen) atoms. The average Bonchev–Trinajstić information content (AvgIpc) is 2.54. The van der Waals surface area contributed by atoms with Crippen molar-refractivity contribution in [2.24, 2.45) is 0 Å². The zero-order chi connectivity index (χ0) is 17.7. The molecule has 5 nitrogen and oxygen atoms in total. The summed E-state index contributed by atoms with van der Waals surface area (Å²) in [5, 5.41) is 0.431. The topological polar surface area (TPSA) is 63.7 Å². The molecule has 0 aliphatic heterocycles. The number of carbonyl (C=O) groups is 1. The van der Waals surface area contributed by atoms with Crippen LogP contribution >= 0.6 is 34.2 Å².